The fraction of sp³-hybridized carbons (Fsp3) is 0.625. The van der Waals surface area contributed by atoms with Gasteiger partial charge < -0.3 is 10.1 Å². The standard InChI is InChI=1S/C16H26BrNO/c1-13(2)11-18-12-15(7-5-9-19-3)14-6-4-8-16(17)10-14/h4,6,8,10,13,15,18H,5,7,9,11-12H2,1-3H3. The molecule has 0 fully saturated rings. The molecule has 108 valence electrons. The summed E-state index contributed by atoms with van der Waals surface area (Å²) in [6.45, 7) is 7.44. The maximum absolute atomic E-state index is 5.16. The van der Waals surface area contributed by atoms with E-state index in [0.29, 0.717) is 11.8 Å². The van der Waals surface area contributed by atoms with E-state index in [9.17, 15) is 0 Å². The molecule has 1 aromatic carbocycles. The lowest BCUT2D eigenvalue weighted by Crippen LogP contribution is -2.25. The van der Waals surface area contributed by atoms with Gasteiger partial charge in [0.15, 0.2) is 0 Å². The second-order valence-electron chi connectivity index (χ2n) is 5.44. The summed E-state index contributed by atoms with van der Waals surface area (Å²) in [5.41, 5.74) is 1.40. The Morgan fingerprint density at radius 3 is 2.68 bits per heavy atom. The molecule has 0 spiro atoms. The zero-order valence-corrected chi connectivity index (χ0v) is 13.9. The highest BCUT2D eigenvalue weighted by Gasteiger charge is 2.11. The van der Waals surface area contributed by atoms with Crippen LogP contribution in [0.5, 0.6) is 0 Å². The van der Waals surface area contributed by atoms with E-state index < -0.39 is 0 Å². The maximum Gasteiger partial charge on any atom is 0.0462 e. The second kappa shape index (κ2) is 9.51. The summed E-state index contributed by atoms with van der Waals surface area (Å²) in [7, 11) is 1.77. The van der Waals surface area contributed by atoms with Gasteiger partial charge in [0.25, 0.3) is 0 Å². The van der Waals surface area contributed by atoms with Crippen LogP contribution in [0, 0.1) is 5.92 Å². The number of nitrogens with one attached hydrogen (secondary N) is 1. The molecule has 0 aromatic heterocycles. The summed E-state index contributed by atoms with van der Waals surface area (Å²) < 4.78 is 6.32. The van der Waals surface area contributed by atoms with Gasteiger partial charge in [-0.05, 0) is 48.9 Å². The topological polar surface area (TPSA) is 21.3 Å². The smallest absolute Gasteiger partial charge is 0.0462 e. The Hall–Kier alpha value is -0.380. The van der Waals surface area contributed by atoms with Crippen molar-refractivity contribution in [1.82, 2.24) is 5.32 Å². The van der Waals surface area contributed by atoms with Crippen molar-refractivity contribution in [2.24, 2.45) is 5.92 Å². The Morgan fingerprint density at radius 1 is 1.26 bits per heavy atom. The lowest BCUT2D eigenvalue weighted by atomic mass is 9.94. The highest BCUT2D eigenvalue weighted by molar-refractivity contribution is 9.10. The van der Waals surface area contributed by atoms with Gasteiger partial charge in [0.05, 0.1) is 0 Å². The fourth-order valence-corrected chi connectivity index (χ4v) is 2.58. The number of benzene rings is 1. The van der Waals surface area contributed by atoms with Crippen LogP contribution in [0.25, 0.3) is 0 Å². The largest absolute Gasteiger partial charge is 0.385 e. The van der Waals surface area contributed by atoms with Gasteiger partial charge in [0.1, 0.15) is 0 Å². The number of hydrogen-bond donors (Lipinski definition) is 1. The van der Waals surface area contributed by atoms with Gasteiger partial charge in [-0.25, -0.2) is 0 Å². The summed E-state index contributed by atoms with van der Waals surface area (Å²) in [4.78, 5) is 0. The normalized spacial score (nSPS) is 12.9. The van der Waals surface area contributed by atoms with E-state index in [0.717, 1.165) is 37.0 Å². The third-order valence-electron chi connectivity index (χ3n) is 3.16. The van der Waals surface area contributed by atoms with Crippen molar-refractivity contribution in [3.8, 4) is 0 Å². The van der Waals surface area contributed by atoms with E-state index in [1.54, 1.807) is 7.11 Å². The molecule has 0 radical (unpaired) electrons. The van der Waals surface area contributed by atoms with Crippen LogP contribution in [0.4, 0.5) is 0 Å². The van der Waals surface area contributed by atoms with Crippen molar-refractivity contribution in [2.75, 3.05) is 26.8 Å². The van der Waals surface area contributed by atoms with E-state index >= 15 is 0 Å². The molecule has 0 aliphatic heterocycles. The lowest BCUT2D eigenvalue weighted by molar-refractivity contribution is 0.190. The van der Waals surface area contributed by atoms with Crippen LogP contribution in [-0.2, 0) is 4.74 Å². The monoisotopic (exact) mass is 327 g/mol. The first-order chi connectivity index (χ1) is 9.13. The number of ether oxygens (including phenoxy) is 1. The van der Waals surface area contributed by atoms with Crippen LogP contribution in [0.1, 0.15) is 38.2 Å². The fourth-order valence-electron chi connectivity index (χ4n) is 2.17. The third kappa shape index (κ3) is 7.09. The molecule has 0 aliphatic rings. The van der Waals surface area contributed by atoms with Crippen LogP contribution >= 0.6 is 15.9 Å². The molecule has 1 aromatic rings. The number of halogens is 1. The van der Waals surface area contributed by atoms with Crippen LogP contribution in [0.15, 0.2) is 28.7 Å². The van der Waals surface area contributed by atoms with Gasteiger partial charge in [-0.3, -0.25) is 0 Å². The van der Waals surface area contributed by atoms with Gasteiger partial charge in [0.2, 0.25) is 0 Å². The van der Waals surface area contributed by atoms with Crippen molar-refractivity contribution in [1.29, 1.82) is 0 Å². The number of hydrogen-bond acceptors (Lipinski definition) is 2. The Labute approximate surface area is 126 Å². The second-order valence-corrected chi connectivity index (χ2v) is 6.35. The van der Waals surface area contributed by atoms with Gasteiger partial charge >= 0.3 is 0 Å². The van der Waals surface area contributed by atoms with E-state index in [1.807, 2.05) is 0 Å². The minimum Gasteiger partial charge on any atom is -0.385 e. The molecule has 0 amide bonds. The minimum atomic E-state index is 0.561. The number of rotatable bonds is 9. The van der Waals surface area contributed by atoms with Gasteiger partial charge in [0, 0.05) is 24.7 Å². The molecular formula is C16H26BrNO. The van der Waals surface area contributed by atoms with Gasteiger partial charge in [-0.15, -0.1) is 0 Å². The molecular weight excluding hydrogens is 302 g/mol. The molecule has 1 N–H and O–H groups in total. The van der Waals surface area contributed by atoms with E-state index in [2.05, 4.69) is 59.4 Å². The van der Waals surface area contributed by atoms with E-state index in [1.165, 1.54) is 5.56 Å². The first-order valence-corrected chi connectivity index (χ1v) is 7.88. The number of methoxy groups -OCH3 is 1. The summed E-state index contributed by atoms with van der Waals surface area (Å²) in [6, 6.07) is 8.65. The lowest BCUT2D eigenvalue weighted by Gasteiger charge is -2.19. The predicted octanol–water partition coefficient (Wildman–Crippen LogP) is 4.20. The Balaban J connectivity index is 2.57. The minimum absolute atomic E-state index is 0.561. The first-order valence-electron chi connectivity index (χ1n) is 7.08. The first kappa shape index (κ1) is 16.7. The van der Waals surface area contributed by atoms with Crippen LogP contribution in [-0.4, -0.2) is 26.8 Å². The van der Waals surface area contributed by atoms with Crippen molar-refractivity contribution in [2.45, 2.75) is 32.6 Å². The molecule has 1 unspecified atom stereocenters. The van der Waals surface area contributed by atoms with Crippen LogP contribution in [0.2, 0.25) is 0 Å². The van der Waals surface area contributed by atoms with Crippen LogP contribution in [0.3, 0.4) is 0 Å². The zero-order valence-electron chi connectivity index (χ0n) is 12.3. The third-order valence-corrected chi connectivity index (χ3v) is 3.66. The molecule has 1 rings (SSSR count). The van der Waals surface area contributed by atoms with E-state index in [4.69, 9.17) is 4.74 Å². The summed E-state index contributed by atoms with van der Waals surface area (Å²) in [6.07, 6.45) is 2.27. The van der Waals surface area contributed by atoms with Gasteiger partial charge in [-0.2, -0.15) is 0 Å². The molecule has 2 nitrogen and oxygen atoms in total. The van der Waals surface area contributed by atoms with Crippen molar-refractivity contribution in [3.05, 3.63) is 34.3 Å². The highest BCUT2D eigenvalue weighted by Crippen LogP contribution is 2.23. The van der Waals surface area contributed by atoms with Crippen molar-refractivity contribution >= 4 is 15.9 Å². The molecule has 0 saturated carbocycles. The summed E-state index contributed by atoms with van der Waals surface area (Å²) in [5, 5.41) is 3.57. The highest BCUT2D eigenvalue weighted by atomic mass is 79.9. The molecule has 1 atom stereocenters. The SMILES string of the molecule is COCCCC(CNCC(C)C)c1cccc(Br)c1. The summed E-state index contributed by atoms with van der Waals surface area (Å²) in [5.74, 6) is 1.26. The van der Waals surface area contributed by atoms with Crippen LogP contribution < -0.4 is 5.32 Å². The molecule has 0 bridgehead atoms. The van der Waals surface area contributed by atoms with E-state index in [-0.39, 0.29) is 0 Å². The quantitative estimate of drug-likeness (QED) is 0.686. The molecule has 0 saturated heterocycles. The zero-order chi connectivity index (χ0) is 14.1. The Kier molecular flexibility index (Phi) is 8.35. The average Bonchev–Trinajstić information content (AvgIpc) is 2.37. The predicted molar refractivity (Wildman–Crippen MR) is 85.7 cm³/mol. The maximum atomic E-state index is 5.16. The Morgan fingerprint density at radius 2 is 2.05 bits per heavy atom. The van der Waals surface area contributed by atoms with Crippen molar-refractivity contribution in [3.63, 3.8) is 0 Å². The molecule has 0 aliphatic carbocycles. The summed E-state index contributed by atoms with van der Waals surface area (Å²) >= 11 is 3.56. The molecule has 3 heteroatoms. The average molecular weight is 328 g/mol. The molecule has 0 heterocycles. The molecule has 19 heavy (non-hydrogen) atoms. The Bertz CT molecular complexity index is 354. The van der Waals surface area contributed by atoms with Crippen molar-refractivity contribution < 1.29 is 4.74 Å². The van der Waals surface area contributed by atoms with Gasteiger partial charge in [-0.1, -0.05) is 41.9 Å².